The van der Waals surface area contributed by atoms with Crippen molar-refractivity contribution in [2.75, 3.05) is 0 Å². The Bertz CT molecular complexity index is 322. The molecule has 17 heavy (non-hydrogen) atoms. The predicted molar refractivity (Wildman–Crippen MR) is 62.3 cm³/mol. The highest BCUT2D eigenvalue weighted by molar-refractivity contribution is 5.79. The monoisotopic (exact) mass is 240 g/mol. The molecule has 5 nitrogen and oxygen atoms in total. The summed E-state index contributed by atoms with van der Waals surface area (Å²) < 4.78 is 0. The molecule has 5 heteroatoms. The van der Waals surface area contributed by atoms with E-state index in [1.54, 1.807) is 0 Å². The Morgan fingerprint density at radius 3 is 2.47 bits per heavy atom. The minimum absolute atomic E-state index is 0.0252. The van der Waals surface area contributed by atoms with Gasteiger partial charge < -0.3 is 16.2 Å². The van der Waals surface area contributed by atoms with Crippen LogP contribution in [-0.2, 0) is 9.59 Å². The average Bonchev–Trinajstić information content (AvgIpc) is 2.95. The van der Waals surface area contributed by atoms with Crippen molar-refractivity contribution in [3.63, 3.8) is 0 Å². The molecule has 0 aromatic rings. The lowest BCUT2D eigenvalue weighted by atomic mass is 9.74. The maximum absolute atomic E-state index is 11.8. The molecule has 2 aliphatic carbocycles. The van der Waals surface area contributed by atoms with Crippen molar-refractivity contribution in [2.24, 2.45) is 11.7 Å². The van der Waals surface area contributed by atoms with Crippen molar-refractivity contribution < 1.29 is 14.7 Å². The normalized spacial score (nSPS) is 23.6. The third-order valence-electron chi connectivity index (χ3n) is 3.85. The van der Waals surface area contributed by atoms with Crippen molar-refractivity contribution in [1.82, 2.24) is 5.32 Å². The number of nitrogens with two attached hydrogens (primary N) is 1. The number of carboxylic acids is 1. The van der Waals surface area contributed by atoms with Crippen LogP contribution in [0.3, 0.4) is 0 Å². The Hall–Kier alpha value is -1.10. The Morgan fingerprint density at radius 1 is 1.41 bits per heavy atom. The summed E-state index contributed by atoms with van der Waals surface area (Å²) in [7, 11) is 0. The van der Waals surface area contributed by atoms with E-state index in [0.29, 0.717) is 12.3 Å². The highest BCUT2D eigenvalue weighted by Gasteiger charge is 2.41. The summed E-state index contributed by atoms with van der Waals surface area (Å²) in [4.78, 5) is 22.5. The molecule has 2 saturated carbocycles. The van der Waals surface area contributed by atoms with Gasteiger partial charge in [0, 0.05) is 12.5 Å². The fourth-order valence-corrected chi connectivity index (χ4v) is 2.49. The molecule has 0 aromatic heterocycles. The summed E-state index contributed by atoms with van der Waals surface area (Å²) in [5, 5.41) is 11.7. The molecule has 1 amide bonds. The quantitative estimate of drug-likeness (QED) is 0.635. The van der Waals surface area contributed by atoms with Crippen LogP contribution in [0.15, 0.2) is 0 Å². The smallest absolute Gasteiger partial charge is 0.305 e. The van der Waals surface area contributed by atoms with E-state index in [4.69, 9.17) is 10.8 Å². The summed E-state index contributed by atoms with van der Waals surface area (Å²) >= 11 is 0. The lowest BCUT2D eigenvalue weighted by molar-refractivity contribution is -0.140. The highest BCUT2D eigenvalue weighted by Crippen LogP contribution is 2.36. The van der Waals surface area contributed by atoms with Crippen LogP contribution < -0.4 is 11.1 Å². The molecule has 0 radical (unpaired) electrons. The Kier molecular flexibility index (Phi) is 3.38. The Labute approximate surface area is 101 Å². The van der Waals surface area contributed by atoms with Gasteiger partial charge in [-0.25, -0.2) is 0 Å². The van der Waals surface area contributed by atoms with Gasteiger partial charge >= 0.3 is 5.97 Å². The second kappa shape index (κ2) is 4.64. The summed E-state index contributed by atoms with van der Waals surface area (Å²) in [6.45, 7) is 0. The van der Waals surface area contributed by atoms with Gasteiger partial charge in [-0.15, -0.1) is 0 Å². The van der Waals surface area contributed by atoms with Crippen LogP contribution >= 0.6 is 0 Å². The second-order valence-electron chi connectivity index (χ2n) is 5.46. The van der Waals surface area contributed by atoms with Crippen molar-refractivity contribution in [2.45, 2.75) is 56.5 Å². The summed E-state index contributed by atoms with van der Waals surface area (Å²) in [6.07, 6.45) is 5.11. The third-order valence-corrected chi connectivity index (χ3v) is 3.85. The molecule has 2 rings (SSSR count). The van der Waals surface area contributed by atoms with Gasteiger partial charge in [0.05, 0.1) is 12.0 Å². The first-order valence-electron chi connectivity index (χ1n) is 6.29. The number of carboxylic acid groups (broad SMARTS) is 1. The van der Waals surface area contributed by atoms with E-state index >= 15 is 0 Å². The second-order valence-corrected chi connectivity index (χ2v) is 5.46. The van der Waals surface area contributed by atoms with Crippen LogP contribution in [0.25, 0.3) is 0 Å². The lowest BCUT2D eigenvalue weighted by Crippen LogP contribution is -2.55. The number of carbonyl (C=O) groups is 2. The maximum atomic E-state index is 11.8. The van der Waals surface area contributed by atoms with Crippen molar-refractivity contribution in [3.05, 3.63) is 0 Å². The standard InChI is InChI=1S/C12H20N2O3/c13-9(8-2-3-8)6-10(15)14-12(4-1-5-12)7-11(16)17/h8-9H,1-7,13H2,(H,14,15)(H,16,17). The van der Waals surface area contributed by atoms with Crippen LogP contribution in [0.1, 0.15) is 44.9 Å². The topological polar surface area (TPSA) is 92.4 Å². The van der Waals surface area contributed by atoms with Gasteiger partial charge in [-0.1, -0.05) is 0 Å². The number of hydrogen-bond donors (Lipinski definition) is 3. The zero-order chi connectivity index (χ0) is 12.5. The van der Waals surface area contributed by atoms with Gasteiger partial charge in [0.25, 0.3) is 0 Å². The molecule has 2 fully saturated rings. The van der Waals surface area contributed by atoms with Crippen LogP contribution in [-0.4, -0.2) is 28.6 Å². The first-order valence-corrected chi connectivity index (χ1v) is 6.29. The number of nitrogens with one attached hydrogen (secondary N) is 1. The van der Waals surface area contributed by atoms with E-state index in [0.717, 1.165) is 32.1 Å². The van der Waals surface area contributed by atoms with Crippen LogP contribution in [0.5, 0.6) is 0 Å². The van der Waals surface area contributed by atoms with E-state index in [9.17, 15) is 9.59 Å². The number of rotatable bonds is 6. The van der Waals surface area contributed by atoms with Crippen LogP contribution in [0.2, 0.25) is 0 Å². The molecule has 2 aliphatic rings. The van der Waals surface area contributed by atoms with Crippen LogP contribution in [0, 0.1) is 5.92 Å². The zero-order valence-electron chi connectivity index (χ0n) is 9.95. The third kappa shape index (κ3) is 3.19. The molecule has 0 saturated heterocycles. The molecule has 0 heterocycles. The predicted octanol–water partition coefficient (Wildman–Crippen LogP) is 0.627. The van der Waals surface area contributed by atoms with Gasteiger partial charge in [0.2, 0.25) is 5.91 Å². The van der Waals surface area contributed by atoms with E-state index in [2.05, 4.69) is 5.32 Å². The zero-order valence-corrected chi connectivity index (χ0v) is 9.95. The van der Waals surface area contributed by atoms with Crippen molar-refractivity contribution >= 4 is 11.9 Å². The van der Waals surface area contributed by atoms with E-state index in [-0.39, 0.29) is 18.4 Å². The first kappa shape index (κ1) is 12.4. The van der Waals surface area contributed by atoms with Gasteiger partial charge in [0.1, 0.15) is 0 Å². The fourth-order valence-electron chi connectivity index (χ4n) is 2.49. The molecule has 0 aromatic carbocycles. The SMILES string of the molecule is NC(CC(=O)NC1(CC(=O)O)CCC1)C1CC1. The first-order chi connectivity index (χ1) is 8.01. The van der Waals surface area contributed by atoms with E-state index in [1.807, 2.05) is 0 Å². The lowest BCUT2D eigenvalue weighted by Gasteiger charge is -2.41. The molecular formula is C12H20N2O3. The Balaban J connectivity index is 1.81. The molecule has 4 N–H and O–H groups in total. The van der Waals surface area contributed by atoms with E-state index < -0.39 is 11.5 Å². The summed E-state index contributed by atoms with van der Waals surface area (Å²) in [5.74, 6) is -0.445. The number of aliphatic carboxylic acids is 1. The molecule has 1 unspecified atom stereocenters. The molecule has 0 aliphatic heterocycles. The summed E-state index contributed by atoms with van der Waals surface area (Å²) in [6, 6.07) is -0.0584. The molecule has 0 spiro atoms. The Morgan fingerprint density at radius 2 is 2.06 bits per heavy atom. The van der Waals surface area contributed by atoms with E-state index in [1.165, 1.54) is 0 Å². The highest BCUT2D eigenvalue weighted by atomic mass is 16.4. The van der Waals surface area contributed by atoms with Gasteiger partial charge in [-0.2, -0.15) is 0 Å². The number of carbonyl (C=O) groups excluding carboxylic acids is 1. The van der Waals surface area contributed by atoms with Gasteiger partial charge in [-0.3, -0.25) is 9.59 Å². The molecule has 96 valence electrons. The van der Waals surface area contributed by atoms with Crippen molar-refractivity contribution in [1.29, 1.82) is 0 Å². The van der Waals surface area contributed by atoms with Crippen LogP contribution in [0.4, 0.5) is 0 Å². The molecule has 0 bridgehead atoms. The van der Waals surface area contributed by atoms with Gasteiger partial charge in [-0.05, 0) is 38.0 Å². The average molecular weight is 240 g/mol. The fraction of sp³-hybridized carbons (Fsp3) is 0.833. The van der Waals surface area contributed by atoms with Gasteiger partial charge in [0.15, 0.2) is 0 Å². The summed E-state index contributed by atoms with van der Waals surface area (Å²) in [5.41, 5.74) is 5.39. The molecular weight excluding hydrogens is 220 g/mol. The van der Waals surface area contributed by atoms with Crippen molar-refractivity contribution in [3.8, 4) is 0 Å². The largest absolute Gasteiger partial charge is 0.481 e. The number of amides is 1. The minimum Gasteiger partial charge on any atom is -0.481 e. The minimum atomic E-state index is -0.850. The maximum Gasteiger partial charge on any atom is 0.305 e. The number of hydrogen-bond acceptors (Lipinski definition) is 3. The molecule has 1 atom stereocenters.